The zero-order valence-electron chi connectivity index (χ0n) is 15.5. The number of unbranched alkanes of at least 4 members (excludes halogenated alkanes) is 2. The van der Waals surface area contributed by atoms with E-state index in [4.69, 9.17) is 4.74 Å². The summed E-state index contributed by atoms with van der Waals surface area (Å²) in [5.74, 6) is 1.86. The number of aromatic nitrogens is 2. The molecule has 0 radical (unpaired) electrons. The van der Waals surface area contributed by atoms with Crippen LogP contribution in [0.2, 0.25) is 0 Å². The van der Waals surface area contributed by atoms with Gasteiger partial charge in [0.05, 0.1) is 13.4 Å². The molecule has 5 nitrogen and oxygen atoms in total. The van der Waals surface area contributed by atoms with Gasteiger partial charge in [-0.25, -0.2) is 4.98 Å². The summed E-state index contributed by atoms with van der Waals surface area (Å²) in [5, 5.41) is 2.87. The van der Waals surface area contributed by atoms with Gasteiger partial charge in [0.2, 0.25) is 5.91 Å². The number of carbonyl (C=O) groups excluding carboxylic acids is 1. The number of rotatable bonds is 11. The zero-order valence-corrected chi connectivity index (χ0v) is 16.3. The van der Waals surface area contributed by atoms with E-state index in [9.17, 15) is 4.79 Å². The van der Waals surface area contributed by atoms with Crippen LogP contribution in [0.1, 0.15) is 37.4 Å². The van der Waals surface area contributed by atoms with Crippen LogP contribution in [0.4, 0.5) is 0 Å². The van der Waals surface area contributed by atoms with E-state index in [1.54, 1.807) is 37.5 Å². The second kappa shape index (κ2) is 11.4. The maximum Gasteiger partial charge on any atom is 0.244 e. The summed E-state index contributed by atoms with van der Waals surface area (Å²) in [5.41, 5.74) is 2.00. The number of nitrogens with one attached hydrogen (secondary N) is 2. The standard InChI is InChI=1S/C20H27N3O2S/c1-3-4-5-12-26-19-13-16(6-8-18(19)25-2)7-9-20(24)22-11-10-17-14-21-15-23-17/h6-9,13-15H,3-5,10-12H2,1-2H3,(H,21,23)(H,22,24)/b9-7+. The lowest BCUT2D eigenvalue weighted by atomic mass is 10.2. The van der Waals surface area contributed by atoms with Crippen molar-refractivity contribution in [3.8, 4) is 5.75 Å². The molecule has 2 N–H and O–H groups in total. The number of amides is 1. The van der Waals surface area contributed by atoms with Gasteiger partial charge in [-0.1, -0.05) is 25.8 Å². The van der Waals surface area contributed by atoms with Crippen molar-refractivity contribution in [2.45, 2.75) is 37.5 Å². The molecule has 0 aliphatic carbocycles. The highest BCUT2D eigenvalue weighted by Crippen LogP contribution is 2.31. The summed E-state index contributed by atoms with van der Waals surface area (Å²) in [6, 6.07) is 5.99. The molecule has 0 saturated carbocycles. The maximum atomic E-state index is 11.9. The summed E-state index contributed by atoms with van der Waals surface area (Å²) in [6.45, 7) is 2.78. The molecule has 1 aromatic heterocycles. The first-order chi connectivity index (χ1) is 12.7. The summed E-state index contributed by atoms with van der Waals surface area (Å²) in [6.07, 6.45) is 11.2. The van der Waals surface area contributed by atoms with Crippen molar-refractivity contribution in [3.05, 3.63) is 48.1 Å². The quantitative estimate of drug-likeness (QED) is 0.354. The maximum absolute atomic E-state index is 11.9. The summed E-state index contributed by atoms with van der Waals surface area (Å²) in [4.78, 5) is 20.0. The van der Waals surface area contributed by atoms with E-state index in [0.29, 0.717) is 6.54 Å². The minimum atomic E-state index is -0.0996. The monoisotopic (exact) mass is 373 g/mol. The summed E-state index contributed by atoms with van der Waals surface area (Å²) >= 11 is 1.80. The topological polar surface area (TPSA) is 67.0 Å². The predicted molar refractivity (Wildman–Crippen MR) is 108 cm³/mol. The number of ether oxygens (including phenoxy) is 1. The molecule has 0 saturated heterocycles. The van der Waals surface area contributed by atoms with Crippen molar-refractivity contribution >= 4 is 23.7 Å². The van der Waals surface area contributed by atoms with Crippen LogP contribution < -0.4 is 10.1 Å². The number of nitrogens with zero attached hydrogens (tertiary/aromatic N) is 1. The van der Waals surface area contributed by atoms with Crippen LogP contribution in [-0.2, 0) is 11.2 Å². The van der Waals surface area contributed by atoms with Gasteiger partial charge in [-0.3, -0.25) is 4.79 Å². The molecule has 6 heteroatoms. The van der Waals surface area contributed by atoms with Gasteiger partial charge in [-0.2, -0.15) is 0 Å². The Morgan fingerprint density at radius 1 is 1.38 bits per heavy atom. The first kappa shape index (κ1) is 20.1. The number of H-pyrrole nitrogens is 1. The minimum Gasteiger partial charge on any atom is -0.496 e. The molecule has 1 heterocycles. The normalized spacial score (nSPS) is 11.0. The van der Waals surface area contributed by atoms with Crippen LogP contribution in [0.3, 0.4) is 0 Å². The van der Waals surface area contributed by atoms with E-state index in [1.807, 2.05) is 18.2 Å². The Morgan fingerprint density at radius 2 is 2.27 bits per heavy atom. The third-order valence-electron chi connectivity index (χ3n) is 3.87. The molecular weight excluding hydrogens is 346 g/mol. The predicted octanol–water partition coefficient (Wildman–Crippen LogP) is 4.07. The first-order valence-corrected chi connectivity index (χ1v) is 9.95. The van der Waals surface area contributed by atoms with Gasteiger partial charge >= 0.3 is 0 Å². The van der Waals surface area contributed by atoms with Crippen LogP contribution in [0.25, 0.3) is 6.08 Å². The lowest BCUT2D eigenvalue weighted by Crippen LogP contribution is -2.23. The van der Waals surface area contributed by atoms with Crippen LogP contribution in [0.15, 0.2) is 41.7 Å². The highest BCUT2D eigenvalue weighted by molar-refractivity contribution is 7.99. The molecule has 2 rings (SSSR count). The number of aromatic amines is 1. The third kappa shape index (κ3) is 6.96. The van der Waals surface area contributed by atoms with E-state index >= 15 is 0 Å². The second-order valence-corrected chi connectivity index (χ2v) is 7.05. The number of thioether (sulfide) groups is 1. The van der Waals surface area contributed by atoms with Crippen molar-refractivity contribution in [3.63, 3.8) is 0 Å². The molecule has 0 fully saturated rings. The Labute approximate surface area is 159 Å². The van der Waals surface area contributed by atoms with Crippen LogP contribution in [0, 0.1) is 0 Å². The van der Waals surface area contributed by atoms with Gasteiger partial charge in [-0.15, -0.1) is 11.8 Å². The highest BCUT2D eigenvalue weighted by atomic mass is 32.2. The Morgan fingerprint density at radius 3 is 3.00 bits per heavy atom. The van der Waals surface area contributed by atoms with Crippen molar-refractivity contribution in [1.29, 1.82) is 0 Å². The molecule has 0 spiro atoms. The Kier molecular flexibility index (Phi) is 8.83. The fourth-order valence-corrected chi connectivity index (χ4v) is 3.50. The molecule has 0 aliphatic heterocycles. The fourth-order valence-electron chi connectivity index (χ4n) is 2.42. The van der Waals surface area contributed by atoms with Gasteiger partial charge < -0.3 is 15.0 Å². The summed E-state index contributed by atoms with van der Waals surface area (Å²) in [7, 11) is 1.69. The zero-order chi connectivity index (χ0) is 18.6. The molecule has 1 amide bonds. The molecule has 140 valence electrons. The van der Waals surface area contributed by atoms with E-state index in [-0.39, 0.29) is 5.91 Å². The van der Waals surface area contributed by atoms with Crippen molar-refractivity contribution in [2.75, 3.05) is 19.4 Å². The number of hydrogen-bond donors (Lipinski definition) is 2. The Hall–Kier alpha value is -2.21. The third-order valence-corrected chi connectivity index (χ3v) is 4.99. The van der Waals surface area contributed by atoms with Gasteiger partial charge in [0.25, 0.3) is 0 Å². The van der Waals surface area contributed by atoms with Crippen LogP contribution in [0.5, 0.6) is 5.75 Å². The average molecular weight is 374 g/mol. The number of methoxy groups -OCH3 is 1. The molecule has 2 aromatic rings. The Bertz CT molecular complexity index is 699. The van der Waals surface area contributed by atoms with Gasteiger partial charge in [0.15, 0.2) is 0 Å². The van der Waals surface area contributed by atoms with Gasteiger partial charge in [-0.05, 0) is 35.9 Å². The number of imidazole rings is 1. The molecule has 1 aromatic carbocycles. The SMILES string of the molecule is CCCCCSc1cc(/C=C/C(=O)NCCc2cnc[nH]2)ccc1OC. The van der Waals surface area contributed by atoms with Gasteiger partial charge in [0, 0.05) is 35.8 Å². The van der Waals surface area contributed by atoms with E-state index in [0.717, 1.165) is 34.1 Å². The lowest BCUT2D eigenvalue weighted by molar-refractivity contribution is -0.116. The molecule has 26 heavy (non-hydrogen) atoms. The minimum absolute atomic E-state index is 0.0996. The van der Waals surface area contributed by atoms with E-state index in [2.05, 4.69) is 28.3 Å². The fraction of sp³-hybridized carbons (Fsp3) is 0.400. The van der Waals surface area contributed by atoms with Crippen molar-refractivity contribution in [1.82, 2.24) is 15.3 Å². The largest absolute Gasteiger partial charge is 0.496 e. The second-order valence-electron chi connectivity index (χ2n) is 5.92. The van der Waals surface area contributed by atoms with E-state index < -0.39 is 0 Å². The molecular formula is C20H27N3O2S. The molecule has 0 atom stereocenters. The smallest absolute Gasteiger partial charge is 0.244 e. The van der Waals surface area contributed by atoms with Crippen molar-refractivity contribution in [2.24, 2.45) is 0 Å². The lowest BCUT2D eigenvalue weighted by Gasteiger charge is -2.09. The molecule has 0 unspecified atom stereocenters. The first-order valence-electron chi connectivity index (χ1n) is 8.97. The Balaban J connectivity index is 1.86. The number of hydrogen-bond acceptors (Lipinski definition) is 4. The highest BCUT2D eigenvalue weighted by Gasteiger charge is 2.05. The molecule has 0 bridgehead atoms. The average Bonchev–Trinajstić information content (AvgIpc) is 3.17. The number of benzene rings is 1. The number of carbonyl (C=O) groups is 1. The van der Waals surface area contributed by atoms with Crippen LogP contribution >= 0.6 is 11.8 Å². The molecule has 0 aliphatic rings. The van der Waals surface area contributed by atoms with Crippen molar-refractivity contribution < 1.29 is 9.53 Å². The summed E-state index contributed by atoms with van der Waals surface area (Å²) < 4.78 is 5.44. The van der Waals surface area contributed by atoms with Gasteiger partial charge in [0.1, 0.15) is 5.75 Å². The van der Waals surface area contributed by atoms with Crippen LogP contribution in [-0.4, -0.2) is 35.3 Å². The van der Waals surface area contributed by atoms with E-state index in [1.165, 1.54) is 19.3 Å².